The number of benzene rings is 1. The van der Waals surface area contributed by atoms with Crippen LogP contribution >= 0.6 is 41.8 Å². The standard InChI is InChI=1S/C18H27ClIN2O3P/c1-7-24-26(23,25-8-2)18(5,6)17(3,4)11-16-21-14-9-12(19)13(20)10-15(14)22-16/h9-10H,7-8,11H2,1-6H3,(H,21,22). The highest BCUT2D eigenvalue weighted by Gasteiger charge is 2.53. The number of nitrogens with one attached hydrogen (secondary N) is 1. The Morgan fingerprint density at radius 3 is 2.31 bits per heavy atom. The fourth-order valence-electron chi connectivity index (χ4n) is 2.85. The van der Waals surface area contributed by atoms with Crippen molar-refractivity contribution in [3.05, 3.63) is 26.5 Å². The monoisotopic (exact) mass is 512 g/mol. The highest BCUT2D eigenvalue weighted by atomic mass is 127. The molecule has 0 aliphatic heterocycles. The van der Waals surface area contributed by atoms with Gasteiger partial charge >= 0.3 is 7.60 Å². The summed E-state index contributed by atoms with van der Waals surface area (Å²) < 4.78 is 25.7. The fraction of sp³-hybridized carbons (Fsp3) is 0.611. The lowest BCUT2D eigenvalue weighted by Crippen LogP contribution is -2.42. The lowest BCUT2D eigenvalue weighted by atomic mass is 9.77. The van der Waals surface area contributed by atoms with Gasteiger partial charge < -0.3 is 14.0 Å². The highest BCUT2D eigenvalue weighted by Crippen LogP contribution is 2.66. The Labute approximate surface area is 174 Å². The first-order valence-electron chi connectivity index (χ1n) is 8.70. The molecule has 0 saturated carbocycles. The second kappa shape index (κ2) is 8.08. The number of hydrogen-bond acceptors (Lipinski definition) is 4. The molecular formula is C18H27ClIN2O3P. The zero-order valence-electron chi connectivity index (χ0n) is 16.2. The van der Waals surface area contributed by atoms with Gasteiger partial charge in [-0.25, -0.2) is 4.98 Å². The summed E-state index contributed by atoms with van der Waals surface area (Å²) in [6, 6.07) is 3.85. The van der Waals surface area contributed by atoms with E-state index in [0.29, 0.717) is 24.7 Å². The molecule has 1 N–H and O–H groups in total. The van der Waals surface area contributed by atoms with E-state index >= 15 is 0 Å². The van der Waals surface area contributed by atoms with Gasteiger partial charge in [0, 0.05) is 9.99 Å². The van der Waals surface area contributed by atoms with Crippen LogP contribution in [0, 0.1) is 8.99 Å². The van der Waals surface area contributed by atoms with E-state index in [1.165, 1.54) is 0 Å². The van der Waals surface area contributed by atoms with Crippen molar-refractivity contribution in [1.82, 2.24) is 9.97 Å². The van der Waals surface area contributed by atoms with Crippen molar-refractivity contribution in [2.75, 3.05) is 13.2 Å². The lowest BCUT2D eigenvalue weighted by molar-refractivity contribution is 0.156. The summed E-state index contributed by atoms with van der Waals surface area (Å²) in [5, 5.41) is 0.00179. The summed E-state index contributed by atoms with van der Waals surface area (Å²) in [7, 11) is -3.29. The third kappa shape index (κ3) is 4.14. The molecule has 1 aromatic heterocycles. The molecule has 0 atom stereocenters. The minimum absolute atomic E-state index is 0.346. The van der Waals surface area contributed by atoms with E-state index in [-0.39, 0.29) is 0 Å². The average molecular weight is 513 g/mol. The first-order valence-corrected chi connectivity index (χ1v) is 11.7. The predicted molar refractivity (Wildman–Crippen MR) is 116 cm³/mol. The molecule has 1 heterocycles. The Hall–Kier alpha value is -0.140. The molecule has 0 unspecified atom stereocenters. The van der Waals surface area contributed by atoms with Gasteiger partial charge in [0.1, 0.15) is 5.82 Å². The first-order chi connectivity index (χ1) is 12.0. The summed E-state index contributed by atoms with van der Waals surface area (Å²) in [5.74, 6) is 0.829. The van der Waals surface area contributed by atoms with Crippen LogP contribution < -0.4 is 0 Å². The van der Waals surface area contributed by atoms with Crippen LogP contribution in [0.2, 0.25) is 5.02 Å². The van der Waals surface area contributed by atoms with Crippen molar-refractivity contribution < 1.29 is 13.6 Å². The minimum Gasteiger partial charge on any atom is -0.342 e. The smallest absolute Gasteiger partial charge is 0.336 e. The van der Waals surface area contributed by atoms with Crippen LogP contribution in [0.15, 0.2) is 12.1 Å². The number of hydrogen-bond donors (Lipinski definition) is 1. The molecule has 2 aromatic rings. The van der Waals surface area contributed by atoms with Gasteiger partial charge in [0.05, 0.1) is 34.4 Å². The van der Waals surface area contributed by atoms with Gasteiger partial charge in [-0.1, -0.05) is 25.4 Å². The number of imidazole rings is 1. The highest BCUT2D eigenvalue weighted by molar-refractivity contribution is 14.1. The molecule has 26 heavy (non-hydrogen) atoms. The van der Waals surface area contributed by atoms with Crippen LogP contribution in [0.3, 0.4) is 0 Å². The van der Waals surface area contributed by atoms with Gasteiger partial charge in [0.2, 0.25) is 0 Å². The van der Waals surface area contributed by atoms with E-state index < -0.39 is 18.2 Å². The van der Waals surface area contributed by atoms with Crippen LogP contribution in [0.4, 0.5) is 0 Å². The van der Waals surface area contributed by atoms with Gasteiger partial charge in [-0.15, -0.1) is 0 Å². The molecule has 8 heteroatoms. The topological polar surface area (TPSA) is 64.2 Å². The molecule has 5 nitrogen and oxygen atoms in total. The number of H-pyrrole nitrogens is 1. The van der Waals surface area contributed by atoms with Crippen molar-refractivity contribution in [3.63, 3.8) is 0 Å². The quantitative estimate of drug-likeness (QED) is 0.327. The fourth-order valence-corrected chi connectivity index (χ4v) is 5.68. The Morgan fingerprint density at radius 2 is 1.77 bits per heavy atom. The summed E-state index contributed by atoms with van der Waals surface area (Å²) in [4.78, 5) is 8.03. The molecule has 0 spiro atoms. The van der Waals surface area contributed by atoms with Crippen LogP contribution in [0.5, 0.6) is 0 Å². The number of halogens is 2. The van der Waals surface area contributed by atoms with Gasteiger partial charge in [-0.3, -0.25) is 4.57 Å². The molecule has 2 rings (SSSR count). The number of fused-ring (bicyclic) bond motifs is 1. The van der Waals surface area contributed by atoms with Crippen LogP contribution in [-0.4, -0.2) is 28.3 Å². The summed E-state index contributed by atoms with van der Waals surface area (Å²) >= 11 is 8.40. The number of rotatable bonds is 8. The zero-order valence-corrected chi connectivity index (χ0v) is 20.0. The Kier molecular flexibility index (Phi) is 6.88. The van der Waals surface area contributed by atoms with Gasteiger partial charge in [0.15, 0.2) is 0 Å². The molecule has 0 fully saturated rings. The molecule has 0 saturated heterocycles. The van der Waals surface area contributed by atoms with E-state index in [1.54, 1.807) is 0 Å². The third-order valence-electron chi connectivity index (χ3n) is 5.12. The van der Waals surface area contributed by atoms with Crippen molar-refractivity contribution in [1.29, 1.82) is 0 Å². The van der Waals surface area contributed by atoms with Crippen LogP contribution in [-0.2, 0) is 20.0 Å². The van der Waals surface area contributed by atoms with Gasteiger partial charge in [-0.2, -0.15) is 0 Å². The van der Waals surface area contributed by atoms with E-state index in [0.717, 1.165) is 20.4 Å². The van der Waals surface area contributed by atoms with Crippen LogP contribution in [0.1, 0.15) is 47.4 Å². The predicted octanol–water partition coefficient (Wildman–Crippen LogP) is 6.43. The Bertz CT molecular complexity index is 786. The maximum absolute atomic E-state index is 13.4. The first kappa shape index (κ1) is 22.2. The lowest BCUT2D eigenvalue weighted by Gasteiger charge is -2.44. The second-order valence-electron chi connectivity index (χ2n) is 7.42. The number of aromatic amines is 1. The van der Waals surface area contributed by atoms with E-state index in [1.807, 2.05) is 39.8 Å². The maximum atomic E-state index is 13.4. The van der Waals surface area contributed by atoms with Crippen molar-refractivity contribution >= 4 is 52.8 Å². The minimum atomic E-state index is -3.29. The number of aromatic nitrogens is 2. The zero-order chi connectivity index (χ0) is 19.8. The van der Waals surface area contributed by atoms with Crippen LogP contribution in [0.25, 0.3) is 11.0 Å². The molecule has 0 radical (unpaired) electrons. The molecular weight excluding hydrogens is 486 g/mol. The third-order valence-corrected chi connectivity index (χ3v) is 9.82. The van der Waals surface area contributed by atoms with Gasteiger partial charge in [0.25, 0.3) is 0 Å². The van der Waals surface area contributed by atoms with E-state index in [4.69, 9.17) is 25.6 Å². The summed E-state index contributed by atoms with van der Waals surface area (Å²) in [6.07, 6.45) is 0.604. The maximum Gasteiger partial charge on any atom is 0.336 e. The largest absolute Gasteiger partial charge is 0.342 e. The van der Waals surface area contributed by atoms with Crippen molar-refractivity contribution in [3.8, 4) is 0 Å². The molecule has 0 bridgehead atoms. The van der Waals surface area contributed by atoms with Crippen molar-refractivity contribution in [2.45, 2.75) is 53.1 Å². The molecule has 0 aliphatic rings. The summed E-state index contributed by atoms with van der Waals surface area (Å²) in [5.41, 5.74) is 1.38. The second-order valence-corrected chi connectivity index (χ2v) is 11.6. The SMILES string of the molecule is CCOP(=O)(OCC)C(C)(C)C(C)(C)Cc1nc2cc(I)c(Cl)cc2[nH]1. The molecule has 1 aromatic carbocycles. The Morgan fingerprint density at radius 1 is 1.19 bits per heavy atom. The summed E-state index contributed by atoms with van der Waals surface area (Å²) in [6.45, 7) is 12.4. The van der Waals surface area contributed by atoms with E-state index in [2.05, 4.69) is 41.4 Å². The number of nitrogens with zero attached hydrogens (tertiary/aromatic N) is 1. The molecule has 0 amide bonds. The normalized spacial score (nSPS) is 13.5. The Balaban J connectivity index is 2.38. The van der Waals surface area contributed by atoms with Crippen molar-refractivity contribution in [2.24, 2.45) is 5.41 Å². The molecule has 146 valence electrons. The molecule has 0 aliphatic carbocycles. The average Bonchev–Trinajstić information content (AvgIpc) is 2.88. The van der Waals surface area contributed by atoms with E-state index in [9.17, 15) is 4.57 Å². The van der Waals surface area contributed by atoms with Gasteiger partial charge in [-0.05, 0) is 67.8 Å².